The lowest BCUT2D eigenvalue weighted by Crippen LogP contribution is -2.47. The van der Waals surface area contributed by atoms with Gasteiger partial charge in [0, 0.05) is 30.3 Å². The van der Waals surface area contributed by atoms with Crippen molar-refractivity contribution >= 4 is 30.2 Å². The van der Waals surface area contributed by atoms with Crippen LogP contribution in [0.2, 0.25) is 0 Å². The summed E-state index contributed by atoms with van der Waals surface area (Å²) in [5.41, 5.74) is 8.90. The molecule has 3 rings (SSSR count). The number of rotatable bonds is 12. The van der Waals surface area contributed by atoms with Crippen LogP contribution in [0.5, 0.6) is 5.88 Å². The van der Waals surface area contributed by atoms with Gasteiger partial charge in [-0.15, -0.1) is 0 Å². The summed E-state index contributed by atoms with van der Waals surface area (Å²) in [5.74, 6) is -0.967. The largest absolute Gasteiger partial charge is 0.480 e. The smallest absolute Gasteiger partial charge is 0.326 e. The fraction of sp³-hybridized carbons (Fsp3) is 0.269. The van der Waals surface area contributed by atoms with Gasteiger partial charge in [0.05, 0.1) is 11.4 Å². The zero-order valence-electron chi connectivity index (χ0n) is 19.4. The maximum absolute atomic E-state index is 12.9. The molecule has 0 aliphatic carbocycles. The number of nitrogens with zero attached hydrogens (tertiary/aromatic N) is 1. The minimum Gasteiger partial charge on any atom is -0.480 e. The number of ether oxygens (including phenoxy) is 1. The second kappa shape index (κ2) is 12.8. The number of carboxylic acid groups (broad SMARTS) is 1. The Balaban J connectivity index is 1.77. The first-order chi connectivity index (χ1) is 16.9. The molecule has 8 nitrogen and oxygen atoms in total. The lowest BCUT2D eigenvalue weighted by atomic mass is 10.1. The van der Waals surface area contributed by atoms with Crippen LogP contribution in [0, 0.1) is 0 Å². The molecule has 35 heavy (non-hydrogen) atoms. The monoisotopic (exact) mass is 494 g/mol. The molecule has 0 bridgehead atoms. The number of benzene rings is 2. The molecule has 1 unspecified atom stereocenters. The Labute approximate surface area is 210 Å². The quantitative estimate of drug-likeness (QED) is 0.245. The SMILES string of the molecule is C[C@H](Oc1nc(-c2ccccc2)ccc1NCC(N)CS)C(=O)N[C@@H](Cc1ccccc1)C(=O)O. The molecule has 9 heteroatoms. The van der Waals surface area contributed by atoms with Crippen molar-refractivity contribution in [1.82, 2.24) is 10.3 Å². The minimum absolute atomic E-state index is 0.158. The summed E-state index contributed by atoms with van der Waals surface area (Å²) in [5, 5.41) is 15.4. The van der Waals surface area contributed by atoms with Crippen LogP contribution in [0.25, 0.3) is 11.3 Å². The molecule has 1 amide bonds. The maximum atomic E-state index is 12.9. The third kappa shape index (κ3) is 7.73. The van der Waals surface area contributed by atoms with Crippen molar-refractivity contribution in [3.05, 3.63) is 78.4 Å². The highest BCUT2D eigenvalue weighted by Crippen LogP contribution is 2.28. The number of thiol groups is 1. The molecule has 0 saturated heterocycles. The van der Waals surface area contributed by atoms with Gasteiger partial charge in [-0.2, -0.15) is 12.6 Å². The van der Waals surface area contributed by atoms with Crippen molar-refractivity contribution < 1.29 is 19.4 Å². The standard InChI is InChI=1S/C26H30N4O4S/c1-17(24(31)29-23(26(32)33)14-18-8-4-2-5-9-18)34-25-22(28-15-20(27)16-35)13-12-21(30-25)19-10-6-3-7-11-19/h2-13,17,20,23,28,35H,14-16,27H2,1H3,(H,29,31)(H,32,33)/t17-,20?,23-/m0/s1. The minimum atomic E-state index is -1.12. The summed E-state index contributed by atoms with van der Waals surface area (Å²) in [7, 11) is 0. The summed E-state index contributed by atoms with van der Waals surface area (Å²) in [6.45, 7) is 1.99. The second-order valence-corrected chi connectivity index (χ2v) is 8.45. The molecule has 1 heterocycles. The van der Waals surface area contributed by atoms with Gasteiger partial charge in [-0.3, -0.25) is 4.79 Å². The van der Waals surface area contributed by atoms with E-state index in [1.54, 1.807) is 6.92 Å². The maximum Gasteiger partial charge on any atom is 0.326 e. The number of nitrogens with one attached hydrogen (secondary N) is 2. The van der Waals surface area contributed by atoms with Crippen molar-refractivity contribution in [2.75, 3.05) is 17.6 Å². The van der Waals surface area contributed by atoms with Gasteiger partial charge in [-0.25, -0.2) is 9.78 Å². The number of aliphatic carboxylic acids is 1. The van der Waals surface area contributed by atoms with Crippen LogP contribution < -0.4 is 21.1 Å². The number of anilines is 1. The van der Waals surface area contributed by atoms with Crippen LogP contribution in [0.15, 0.2) is 72.8 Å². The molecule has 3 atom stereocenters. The van der Waals surface area contributed by atoms with E-state index in [9.17, 15) is 14.7 Å². The topological polar surface area (TPSA) is 127 Å². The molecule has 1 aromatic heterocycles. The number of pyridine rings is 1. The number of carboxylic acids is 1. The Bertz CT molecular complexity index is 1110. The van der Waals surface area contributed by atoms with Crippen LogP contribution >= 0.6 is 12.6 Å². The molecule has 184 valence electrons. The molecular formula is C26H30N4O4S. The fourth-order valence-corrected chi connectivity index (χ4v) is 3.43. The van der Waals surface area contributed by atoms with E-state index in [-0.39, 0.29) is 18.3 Å². The molecular weight excluding hydrogens is 464 g/mol. The molecule has 0 radical (unpaired) electrons. The van der Waals surface area contributed by atoms with Crippen LogP contribution in [0.1, 0.15) is 12.5 Å². The average Bonchev–Trinajstić information content (AvgIpc) is 2.88. The average molecular weight is 495 g/mol. The highest BCUT2D eigenvalue weighted by Gasteiger charge is 2.25. The summed E-state index contributed by atoms with van der Waals surface area (Å²) in [6.07, 6.45) is -0.838. The first-order valence-corrected chi connectivity index (χ1v) is 11.9. The molecule has 0 spiro atoms. The van der Waals surface area contributed by atoms with E-state index in [0.717, 1.165) is 11.1 Å². The fourth-order valence-electron chi connectivity index (χ4n) is 3.30. The summed E-state index contributed by atoms with van der Waals surface area (Å²) >= 11 is 4.21. The number of aromatic nitrogens is 1. The highest BCUT2D eigenvalue weighted by molar-refractivity contribution is 7.80. The Morgan fingerprint density at radius 3 is 2.34 bits per heavy atom. The van der Waals surface area contributed by atoms with Crippen molar-refractivity contribution in [2.24, 2.45) is 5.73 Å². The molecule has 5 N–H and O–H groups in total. The van der Waals surface area contributed by atoms with Gasteiger partial charge in [0.15, 0.2) is 6.10 Å². The van der Waals surface area contributed by atoms with Crippen LogP contribution in [-0.2, 0) is 16.0 Å². The Morgan fingerprint density at radius 2 is 1.71 bits per heavy atom. The lowest BCUT2D eigenvalue weighted by molar-refractivity contribution is -0.142. The molecule has 0 saturated carbocycles. The van der Waals surface area contributed by atoms with E-state index in [2.05, 4.69) is 28.2 Å². The number of amides is 1. The zero-order valence-corrected chi connectivity index (χ0v) is 20.3. The molecule has 0 aliphatic heterocycles. The van der Waals surface area contributed by atoms with E-state index in [4.69, 9.17) is 10.5 Å². The third-order valence-electron chi connectivity index (χ3n) is 5.27. The normalized spacial score (nSPS) is 13.3. The number of hydrogen-bond donors (Lipinski definition) is 5. The number of carbonyl (C=O) groups is 2. The van der Waals surface area contributed by atoms with Gasteiger partial charge in [0.1, 0.15) is 6.04 Å². The Kier molecular flexibility index (Phi) is 9.51. The van der Waals surface area contributed by atoms with Crippen LogP contribution in [0.4, 0.5) is 5.69 Å². The van der Waals surface area contributed by atoms with E-state index in [0.29, 0.717) is 23.7 Å². The van der Waals surface area contributed by atoms with Crippen molar-refractivity contribution in [3.63, 3.8) is 0 Å². The predicted molar refractivity (Wildman–Crippen MR) is 140 cm³/mol. The first kappa shape index (κ1) is 26.1. The summed E-state index contributed by atoms with van der Waals surface area (Å²) in [4.78, 5) is 29.2. The number of carbonyl (C=O) groups excluding carboxylic acids is 1. The van der Waals surface area contributed by atoms with Crippen LogP contribution in [0.3, 0.4) is 0 Å². The van der Waals surface area contributed by atoms with Crippen molar-refractivity contribution in [1.29, 1.82) is 0 Å². The van der Waals surface area contributed by atoms with Crippen molar-refractivity contribution in [2.45, 2.75) is 31.5 Å². The van der Waals surface area contributed by atoms with E-state index < -0.39 is 24.0 Å². The van der Waals surface area contributed by atoms with E-state index >= 15 is 0 Å². The van der Waals surface area contributed by atoms with Crippen LogP contribution in [-0.4, -0.2) is 52.5 Å². The zero-order chi connectivity index (χ0) is 25.2. The highest BCUT2D eigenvalue weighted by atomic mass is 32.1. The van der Waals surface area contributed by atoms with Crippen molar-refractivity contribution in [3.8, 4) is 17.1 Å². The third-order valence-corrected chi connectivity index (χ3v) is 5.74. The Morgan fingerprint density at radius 1 is 1.06 bits per heavy atom. The second-order valence-electron chi connectivity index (χ2n) is 8.09. The number of nitrogens with two attached hydrogens (primary N) is 1. The number of hydrogen-bond acceptors (Lipinski definition) is 7. The molecule has 3 aromatic rings. The summed E-state index contributed by atoms with van der Waals surface area (Å²) in [6, 6.07) is 21.1. The van der Waals surface area contributed by atoms with E-state index in [1.807, 2.05) is 72.8 Å². The molecule has 0 aliphatic rings. The molecule has 2 aromatic carbocycles. The Hall–Kier alpha value is -3.56. The first-order valence-electron chi connectivity index (χ1n) is 11.3. The van der Waals surface area contributed by atoms with Gasteiger partial charge >= 0.3 is 5.97 Å². The van der Waals surface area contributed by atoms with E-state index in [1.165, 1.54) is 0 Å². The van der Waals surface area contributed by atoms with Gasteiger partial charge < -0.3 is 26.2 Å². The van der Waals surface area contributed by atoms with Gasteiger partial charge in [-0.05, 0) is 24.6 Å². The molecule has 0 fully saturated rings. The lowest BCUT2D eigenvalue weighted by Gasteiger charge is -2.21. The van der Waals surface area contributed by atoms with Gasteiger partial charge in [-0.1, -0.05) is 60.7 Å². The van der Waals surface area contributed by atoms with Gasteiger partial charge in [0.25, 0.3) is 5.91 Å². The summed E-state index contributed by atoms with van der Waals surface area (Å²) < 4.78 is 5.93. The predicted octanol–water partition coefficient (Wildman–Crippen LogP) is 3.00. The van der Waals surface area contributed by atoms with Gasteiger partial charge in [0.2, 0.25) is 5.88 Å².